The summed E-state index contributed by atoms with van der Waals surface area (Å²) in [6.07, 6.45) is 0. The van der Waals surface area contributed by atoms with Gasteiger partial charge in [0.25, 0.3) is 0 Å². The molecule has 1 rings (SSSR count). The van der Waals surface area contributed by atoms with Crippen molar-refractivity contribution in [2.75, 3.05) is 11.5 Å². The molecule has 0 radical (unpaired) electrons. The van der Waals surface area contributed by atoms with Crippen molar-refractivity contribution in [2.45, 2.75) is 21.3 Å². The van der Waals surface area contributed by atoms with Gasteiger partial charge in [-0.1, -0.05) is 0 Å². The van der Waals surface area contributed by atoms with Crippen molar-refractivity contribution in [3.63, 3.8) is 0 Å². The van der Waals surface area contributed by atoms with E-state index in [1.165, 1.54) is 21.8 Å². The van der Waals surface area contributed by atoms with Crippen molar-refractivity contribution in [3.05, 3.63) is 35.4 Å². The molecule has 102 valence electrons. The summed E-state index contributed by atoms with van der Waals surface area (Å²) in [5.41, 5.74) is 2.83. The minimum atomic E-state index is 0.611. The summed E-state index contributed by atoms with van der Waals surface area (Å²) in [6.45, 7) is 0. The van der Waals surface area contributed by atoms with Gasteiger partial charge in [0.05, 0.1) is 0 Å². The van der Waals surface area contributed by atoms with Crippen molar-refractivity contribution in [2.24, 2.45) is 0 Å². The van der Waals surface area contributed by atoms with Crippen LogP contribution in [0, 0.1) is 0 Å². The molecule has 0 fully saturated rings. The van der Waals surface area contributed by atoms with Crippen LogP contribution in [-0.2, 0) is 10.6 Å². The van der Waals surface area contributed by atoms with Crippen LogP contribution in [0.5, 0.6) is 0 Å². The maximum atomic E-state index is 8.63. The Morgan fingerprint density at radius 3 is 1.50 bits per heavy atom. The molecule has 0 amide bonds. The van der Waals surface area contributed by atoms with Crippen LogP contribution in [0.25, 0.3) is 0 Å². The van der Waals surface area contributed by atoms with E-state index in [-0.39, 0.29) is 0 Å². The monoisotopic (exact) mass is 418 g/mol. The Morgan fingerprint density at radius 1 is 0.778 bits per heavy atom. The van der Waals surface area contributed by atoms with Crippen LogP contribution in [0.2, 0.25) is 10.6 Å². The molecule has 18 heavy (non-hydrogen) atoms. The first-order valence-corrected chi connectivity index (χ1v) is 12.4. The average molecular weight is 416 g/mol. The van der Waals surface area contributed by atoms with Gasteiger partial charge in [-0.25, -0.2) is 0 Å². The third-order valence-corrected chi connectivity index (χ3v) is 8.46. The predicted octanol–water partition coefficient (Wildman–Crippen LogP) is 3.34. The third-order valence-electron chi connectivity index (χ3n) is 2.20. The van der Waals surface area contributed by atoms with Crippen molar-refractivity contribution in [1.82, 2.24) is 0 Å². The summed E-state index contributed by atoms with van der Waals surface area (Å²) >= 11 is 3.12. The fraction of sp³-hybridized carbons (Fsp3) is 0.500. The first-order valence-electron chi connectivity index (χ1n) is 5.63. The Kier molecular flexibility index (Phi) is 11.0. The quantitative estimate of drug-likeness (QED) is 0.349. The predicted molar refractivity (Wildman–Crippen MR) is 85.1 cm³/mol. The molecular formula is C12H18O2S2Se2. The number of hydrogen-bond acceptors (Lipinski definition) is 4. The van der Waals surface area contributed by atoms with E-state index in [1.54, 1.807) is 0 Å². The van der Waals surface area contributed by atoms with Gasteiger partial charge in [-0.2, -0.15) is 0 Å². The van der Waals surface area contributed by atoms with Crippen molar-refractivity contribution in [1.29, 1.82) is 0 Å². The summed E-state index contributed by atoms with van der Waals surface area (Å²) in [6, 6.07) is 8.94. The zero-order valence-electron chi connectivity index (χ0n) is 10.1. The zero-order chi connectivity index (χ0) is 13.1. The summed E-state index contributed by atoms with van der Waals surface area (Å²) in [7, 11) is 0. The normalized spacial score (nSPS) is 10.8. The topological polar surface area (TPSA) is 40.5 Å². The molecule has 1 aromatic rings. The second-order valence-electron chi connectivity index (χ2n) is 3.59. The van der Waals surface area contributed by atoms with Crippen LogP contribution in [-0.4, -0.2) is 50.5 Å². The Morgan fingerprint density at radius 2 is 1.17 bits per heavy atom. The van der Waals surface area contributed by atoms with Gasteiger partial charge in [0, 0.05) is 0 Å². The van der Waals surface area contributed by atoms with Gasteiger partial charge in [-0.15, -0.1) is 0 Å². The second kappa shape index (κ2) is 11.7. The Balaban J connectivity index is 2.20. The molecule has 0 spiro atoms. The van der Waals surface area contributed by atoms with Gasteiger partial charge in [-0.05, 0) is 0 Å². The van der Waals surface area contributed by atoms with Gasteiger partial charge < -0.3 is 0 Å². The van der Waals surface area contributed by atoms with E-state index < -0.39 is 0 Å². The van der Waals surface area contributed by atoms with Crippen molar-refractivity contribution >= 4 is 54.0 Å². The van der Waals surface area contributed by atoms with Gasteiger partial charge >= 0.3 is 131 Å². The van der Waals surface area contributed by atoms with E-state index in [0.717, 1.165) is 46.2 Å². The summed E-state index contributed by atoms with van der Waals surface area (Å²) in [4.78, 5) is 0. The van der Waals surface area contributed by atoms with Gasteiger partial charge in [0.2, 0.25) is 0 Å². The van der Waals surface area contributed by atoms with E-state index in [4.69, 9.17) is 9.11 Å². The fourth-order valence-electron chi connectivity index (χ4n) is 1.30. The van der Waals surface area contributed by atoms with Crippen LogP contribution >= 0.6 is 24.1 Å². The zero-order valence-corrected chi connectivity index (χ0v) is 15.1. The number of hydrogen-bond donors (Lipinski definition) is 2. The van der Waals surface area contributed by atoms with Crippen molar-refractivity contribution in [3.8, 4) is 0 Å². The molecule has 0 saturated carbocycles. The molecule has 0 heterocycles. The summed E-state index contributed by atoms with van der Waals surface area (Å²) < 4.78 is 17.3. The first kappa shape index (κ1) is 16.9. The third kappa shape index (κ3) is 8.13. The number of rotatable bonds is 10. The Hall–Kier alpha value is 0.879. The molecule has 0 aliphatic carbocycles. The molecule has 6 heteroatoms. The van der Waals surface area contributed by atoms with E-state index >= 15 is 0 Å². The Labute approximate surface area is 130 Å². The molecule has 2 nitrogen and oxygen atoms in total. The van der Waals surface area contributed by atoms with E-state index in [1.807, 2.05) is 0 Å². The molecule has 0 aromatic heterocycles. The van der Waals surface area contributed by atoms with Crippen LogP contribution in [0.1, 0.15) is 11.1 Å². The molecule has 0 atom stereocenters. The van der Waals surface area contributed by atoms with Gasteiger partial charge in [0.1, 0.15) is 0 Å². The SMILES string of the molecule is OSCC[Se]Cc1ccc(C[Se]CCSO)cc1. The molecule has 0 aliphatic rings. The van der Waals surface area contributed by atoms with Crippen LogP contribution < -0.4 is 0 Å². The molecule has 2 N–H and O–H groups in total. The molecular weight excluding hydrogens is 398 g/mol. The first-order chi connectivity index (χ1) is 8.86. The van der Waals surface area contributed by atoms with Crippen LogP contribution in [0.3, 0.4) is 0 Å². The molecule has 0 bridgehead atoms. The summed E-state index contributed by atoms with van der Waals surface area (Å²) in [5.74, 6) is 1.73. The Bertz CT molecular complexity index is 278. The average Bonchev–Trinajstić information content (AvgIpc) is 2.41. The van der Waals surface area contributed by atoms with E-state index in [9.17, 15) is 0 Å². The van der Waals surface area contributed by atoms with Crippen LogP contribution in [0.15, 0.2) is 24.3 Å². The van der Waals surface area contributed by atoms with E-state index in [2.05, 4.69) is 24.3 Å². The molecule has 0 aliphatic heterocycles. The van der Waals surface area contributed by atoms with E-state index in [0.29, 0.717) is 29.9 Å². The van der Waals surface area contributed by atoms with Crippen LogP contribution in [0.4, 0.5) is 0 Å². The second-order valence-corrected chi connectivity index (χ2v) is 9.56. The number of benzene rings is 1. The maximum absolute atomic E-state index is 8.63. The fourth-order valence-corrected chi connectivity index (χ4v) is 6.51. The molecule has 0 unspecified atom stereocenters. The standard InChI is InChI=1S/C12H18O2S2Se2/c13-15-5-7-17-9-11-1-2-12(4-3-11)10-18-8-6-16-14/h1-4,13-14H,5-10H2. The summed E-state index contributed by atoms with van der Waals surface area (Å²) in [5, 5.41) is 4.61. The van der Waals surface area contributed by atoms with Gasteiger partial charge in [-0.3, -0.25) is 0 Å². The molecule has 1 aromatic carbocycles. The van der Waals surface area contributed by atoms with Crippen molar-refractivity contribution < 1.29 is 9.11 Å². The van der Waals surface area contributed by atoms with Gasteiger partial charge in [0.15, 0.2) is 0 Å². The minimum absolute atomic E-state index is 0.611. The molecule has 0 saturated heterocycles.